The van der Waals surface area contributed by atoms with Gasteiger partial charge in [-0.1, -0.05) is 12.1 Å². The number of β-amino-alcohol motifs (C(OH)–C–C–N with tert-alkyl or cyclic N) is 1. The molecule has 1 aliphatic rings. The van der Waals surface area contributed by atoms with Crippen LogP contribution in [-0.4, -0.2) is 61.9 Å². The number of aliphatic hydroxyl groups excluding tert-OH is 1. The van der Waals surface area contributed by atoms with E-state index < -0.39 is 11.7 Å². The maximum Gasteiger partial charge on any atom is 0.216 e. The number of imidazole rings is 1. The van der Waals surface area contributed by atoms with E-state index in [1.165, 1.54) is 6.92 Å². The van der Waals surface area contributed by atoms with Gasteiger partial charge in [-0.2, -0.15) is 0 Å². The zero-order valence-corrected chi connectivity index (χ0v) is 16.3. The maximum atomic E-state index is 11.1. The minimum atomic E-state index is -1.27. The summed E-state index contributed by atoms with van der Waals surface area (Å²) in [5.41, 5.74) is -0.172. The Morgan fingerprint density at radius 1 is 1.39 bits per heavy atom. The van der Waals surface area contributed by atoms with E-state index in [1.807, 2.05) is 42.1 Å². The van der Waals surface area contributed by atoms with Gasteiger partial charge < -0.3 is 24.8 Å². The molecule has 1 amide bonds. The van der Waals surface area contributed by atoms with Crippen molar-refractivity contribution < 1.29 is 19.7 Å². The molecule has 2 atom stereocenters. The molecule has 0 bridgehead atoms. The Bertz CT molecular complexity index is 792. The lowest BCUT2D eigenvalue weighted by Gasteiger charge is -2.42. The second-order valence-electron chi connectivity index (χ2n) is 7.40. The van der Waals surface area contributed by atoms with Crippen LogP contribution in [0.1, 0.15) is 24.7 Å². The summed E-state index contributed by atoms with van der Waals surface area (Å²) in [6, 6.07) is 7.84. The van der Waals surface area contributed by atoms with Gasteiger partial charge in [0, 0.05) is 52.5 Å². The van der Waals surface area contributed by atoms with Crippen LogP contribution in [0.3, 0.4) is 0 Å². The molecule has 0 spiro atoms. The fraction of sp³-hybridized carbons (Fsp3) is 0.500. The van der Waals surface area contributed by atoms with Crippen LogP contribution in [0.4, 0.5) is 0 Å². The van der Waals surface area contributed by atoms with Gasteiger partial charge in [-0.3, -0.25) is 9.69 Å². The number of carbonyl (C=O) groups is 1. The van der Waals surface area contributed by atoms with Crippen molar-refractivity contribution in [2.45, 2.75) is 38.2 Å². The predicted molar refractivity (Wildman–Crippen MR) is 104 cm³/mol. The van der Waals surface area contributed by atoms with Crippen molar-refractivity contribution in [2.24, 2.45) is 7.05 Å². The number of aromatic nitrogens is 2. The van der Waals surface area contributed by atoms with E-state index in [4.69, 9.17) is 4.74 Å². The fourth-order valence-electron chi connectivity index (χ4n) is 3.28. The van der Waals surface area contributed by atoms with Crippen molar-refractivity contribution in [1.82, 2.24) is 19.8 Å². The number of ether oxygens (including phenoxy) is 1. The first-order chi connectivity index (χ1) is 13.4. The van der Waals surface area contributed by atoms with Crippen molar-refractivity contribution in [1.29, 1.82) is 0 Å². The summed E-state index contributed by atoms with van der Waals surface area (Å²) in [5.74, 6) is 1.42. The van der Waals surface area contributed by atoms with Gasteiger partial charge in [-0.15, -0.1) is 0 Å². The number of nitrogens with one attached hydrogen (secondary N) is 1. The van der Waals surface area contributed by atoms with Crippen molar-refractivity contribution in [3.05, 3.63) is 48.0 Å². The Hall–Kier alpha value is -2.42. The Morgan fingerprint density at radius 2 is 2.14 bits per heavy atom. The first-order valence-corrected chi connectivity index (χ1v) is 9.41. The predicted octanol–water partition coefficient (Wildman–Crippen LogP) is 0.433. The van der Waals surface area contributed by atoms with Crippen LogP contribution < -0.4 is 10.1 Å². The minimum absolute atomic E-state index is 0.0688. The second-order valence-corrected chi connectivity index (χ2v) is 7.40. The first-order valence-electron chi connectivity index (χ1n) is 9.41. The van der Waals surface area contributed by atoms with Crippen LogP contribution in [-0.2, 0) is 25.0 Å². The Balaban J connectivity index is 1.49. The summed E-state index contributed by atoms with van der Waals surface area (Å²) >= 11 is 0. The van der Waals surface area contributed by atoms with Crippen molar-refractivity contribution in [3.8, 4) is 5.75 Å². The molecule has 8 heteroatoms. The number of aliphatic hydroxyl groups is 2. The molecule has 3 N–H and O–H groups in total. The van der Waals surface area contributed by atoms with Crippen molar-refractivity contribution in [3.63, 3.8) is 0 Å². The molecule has 2 aromatic rings. The van der Waals surface area contributed by atoms with E-state index in [0.717, 1.165) is 17.1 Å². The summed E-state index contributed by atoms with van der Waals surface area (Å²) in [6.45, 7) is 3.55. The van der Waals surface area contributed by atoms with Crippen molar-refractivity contribution in [2.75, 3.05) is 19.6 Å². The van der Waals surface area contributed by atoms with Crippen LogP contribution in [0.15, 0.2) is 36.7 Å². The van der Waals surface area contributed by atoms with Gasteiger partial charge in [0.1, 0.15) is 23.8 Å². The Labute approximate surface area is 164 Å². The zero-order chi connectivity index (χ0) is 20.1. The average molecular weight is 388 g/mol. The molecule has 1 aromatic heterocycles. The van der Waals surface area contributed by atoms with E-state index in [2.05, 4.69) is 15.2 Å². The molecule has 28 heavy (non-hydrogen) atoms. The topological polar surface area (TPSA) is 99.9 Å². The third kappa shape index (κ3) is 5.09. The highest BCUT2D eigenvalue weighted by molar-refractivity contribution is 5.72. The lowest BCUT2D eigenvalue weighted by molar-refractivity contribution is -0.130. The maximum absolute atomic E-state index is 11.1. The van der Waals surface area contributed by atoms with Crippen LogP contribution in [0.5, 0.6) is 5.75 Å². The summed E-state index contributed by atoms with van der Waals surface area (Å²) < 4.78 is 7.68. The molecule has 0 aliphatic carbocycles. The molecular weight excluding hydrogens is 360 g/mol. The lowest BCUT2D eigenvalue weighted by atomic mass is 9.88. The SMILES string of the molecule is CC(=O)NC[C@]1(O)CCN(Cc2ccc(OCc3nccn3C)cc2)C[C@H]1O. The summed E-state index contributed by atoms with van der Waals surface area (Å²) in [4.78, 5) is 17.4. The number of likely N-dealkylation sites (tertiary alicyclic amines) is 1. The Kier molecular flexibility index (Phi) is 6.33. The summed E-state index contributed by atoms with van der Waals surface area (Å²) in [6.07, 6.45) is 3.12. The molecule has 1 fully saturated rings. The van der Waals surface area contributed by atoms with Crippen LogP contribution in [0, 0.1) is 0 Å². The normalized spacial score (nSPS) is 22.8. The molecule has 1 aromatic carbocycles. The quantitative estimate of drug-likeness (QED) is 0.636. The molecule has 152 valence electrons. The molecule has 0 unspecified atom stereocenters. The standard InChI is InChI=1S/C20H28N4O4/c1-15(25)22-14-20(27)7-9-24(12-18(20)26)11-16-3-5-17(6-4-16)28-13-19-21-8-10-23(19)2/h3-6,8,10,18,26-27H,7,9,11-14H2,1-2H3,(H,22,25)/t18-,20-/m1/s1. The summed E-state index contributed by atoms with van der Waals surface area (Å²) in [7, 11) is 1.93. The zero-order valence-electron chi connectivity index (χ0n) is 16.3. The molecule has 0 radical (unpaired) electrons. The second kappa shape index (κ2) is 8.72. The summed E-state index contributed by atoms with van der Waals surface area (Å²) in [5, 5.41) is 23.5. The largest absolute Gasteiger partial charge is 0.486 e. The molecule has 1 aliphatic heterocycles. The van der Waals surface area contributed by atoms with Gasteiger partial charge in [0.25, 0.3) is 0 Å². The number of nitrogens with zero attached hydrogens (tertiary/aromatic N) is 3. The molecular formula is C20H28N4O4. The molecule has 2 heterocycles. The minimum Gasteiger partial charge on any atom is -0.486 e. The van der Waals surface area contributed by atoms with Crippen LogP contribution >= 0.6 is 0 Å². The molecule has 0 saturated carbocycles. The highest BCUT2D eigenvalue weighted by Crippen LogP contribution is 2.24. The van der Waals surface area contributed by atoms with Crippen LogP contribution in [0.2, 0.25) is 0 Å². The smallest absolute Gasteiger partial charge is 0.216 e. The van der Waals surface area contributed by atoms with E-state index in [0.29, 0.717) is 32.7 Å². The number of benzene rings is 1. The fourth-order valence-corrected chi connectivity index (χ4v) is 3.28. The first kappa shape index (κ1) is 20.3. The number of hydrogen-bond acceptors (Lipinski definition) is 6. The van der Waals surface area contributed by atoms with Gasteiger partial charge in [-0.25, -0.2) is 4.98 Å². The number of piperidine rings is 1. The number of rotatable bonds is 7. The highest BCUT2D eigenvalue weighted by Gasteiger charge is 2.40. The van der Waals surface area contributed by atoms with Gasteiger partial charge in [0.2, 0.25) is 5.91 Å². The molecule has 3 rings (SSSR count). The number of aryl methyl sites for hydroxylation is 1. The molecule has 8 nitrogen and oxygen atoms in total. The highest BCUT2D eigenvalue weighted by atomic mass is 16.5. The van der Waals surface area contributed by atoms with E-state index in [9.17, 15) is 15.0 Å². The van der Waals surface area contributed by atoms with Crippen molar-refractivity contribution >= 4 is 5.91 Å². The van der Waals surface area contributed by atoms with E-state index >= 15 is 0 Å². The average Bonchev–Trinajstić information content (AvgIpc) is 3.08. The lowest BCUT2D eigenvalue weighted by Crippen LogP contribution is -2.59. The monoisotopic (exact) mass is 388 g/mol. The number of hydrogen-bond donors (Lipinski definition) is 3. The van der Waals surface area contributed by atoms with Crippen LogP contribution in [0.25, 0.3) is 0 Å². The van der Waals surface area contributed by atoms with Gasteiger partial charge >= 0.3 is 0 Å². The van der Waals surface area contributed by atoms with Gasteiger partial charge in [-0.05, 0) is 24.1 Å². The number of carbonyl (C=O) groups excluding carboxylic acids is 1. The number of amides is 1. The third-order valence-electron chi connectivity index (χ3n) is 5.17. The Morgan fingerprint density at radius 3 is 2.75 bits per heavy atom. The van der Waals surface area contributed by atoms with E-state index in [-0.39, 0.29) is 12.5 Å². The molecule has 1 saturated heterocycles. The third-order valence-corrected chi connectivity index (χ3v) is 5.17. The van der Waals surface area contributed by atoms with Gasteiger partial charge in [0.15, 0.2) is 0 Å². The van der Waals surface area contributed by atoms with E-state index in [1.54, 1.807) is 6.20 Å². The van der Waals surface area contributed by atoms with Gasteiger partial charge in [0.05, 0.1) is 6.10 Å².